The normalized spacial score (nSPS) is 19.3. The van der Waals surface area contributed by atoms with Gasteiger partial charge in [-0.05, 0) is 24.6 Å². The summed E-state index contributed by atoms with van der Waals surface area (Å²) in [4.78, 5) is 28.3. The number of carbonyl (C=O) groups is 2. The molecule has 1 aliphatic rings. The van der Waals surface area contributed by atoms with Crippen molar-refractivity contribution in [2.75, 3.05) is 6.61 Å². The van der Waals surface area contributed by atoms with Gasteiger partial charge in [-0.2, -0.15) is 0 Å². The van der Waals surface area contributed by atoms with Crippen LogP contribution in [0.5, 0.6) is 5.75 Å². The van der Waals surface area contributed by atoms with E-state index in [1.165, 1.54) is 6.07 Å². The number of ether oxygens (including phenoxy) is 1. The topological polar surface area (TPSA) is 93.5 Å². The molecule has 7 nitrogen and oxygen atoms in total. The first kappa shape index (κ1) is 18.0. The molecule has 0 radical (unpaired) electrons. The van der Waals surface area contributed by atoms with Crippen molar-refractivity contribution in [1.82, 2.24) is 14.9 Å². The molecular weight excluding hydrogens is 358 g/mol. The number of carboxylic acid groups (broad SMARTS) is 1. The molecule has 2 aromatic rings. The second kappa shape index (κ2) is 8.05. The van der Waals surface area contributed by atoms with Crippen LogP contribution in [-0.4, -0.2) is 39.2 Å². The number of allylic oxidation sites excluding steroid dienone is 1. The number of halogens is 1. The van der Waals surface area contributed by atoms with E-state index in [1.54, 1.807) is 24.7 Å². The van der Waals surface area contributed by atoms with Crippen LogP contribution in [0.4, 0.5) is 0 Å². The van der Waals surface area contributed by atoms with Gasteiger partial charge in [-0.25, -0.2) is 9.78 Å². The predicted octanol–water partition coefficient (Wildman–Crippen LogP) is 2.30. The van der Waals surface area contributed by atoms with Crippen molar-refractivity contribution in [2.45, 2.75) is 25.4 Å². The van der Waals surface area contributed by atoms with E-state index in [-0.39, 0.29) is 17.0 Å². The molecule has 0 fully saturated rings. The zero-order valence-electron chi connectivity index (χ0n) is 13.9. The number of nitrogens with zero attached hydrogens (tertiary/aromatic N) is 2. The Morgan fingerprint density at radius 2 is 2.23 bits per heavy atom. The summed E-state index contributed by atoms with van der Waals surface area (Å²) in [6.07, 6.45) is 8.21. The fraction of sp³-hybridized carbons (Fsp3) is 0.278. The van der Waals surface area contributed by atoms with Crippen LogP contribution < -0.4 is 10.1 Å². The third-order valence-corrected chi connectivity index (χ3v) is 4.28. The molecule has 2 N–H and O–H groups in total. The summed E-state index contributed by atoms with van der Waals surface area (Å²) in [5.41, 5.74) is 0.758. The summed E-state index contributed by atoms with van der Waals surface area (Å²) in [7, 11) is 0. The number of carbonyl (C=O) groups excluding carboxylic acids is 1. The van der Waals surface area contributed by atoms with Gasteiger partial charge in [0.2, 0.25) is 0 Å². The Hall–Kier alpha value is -2.80. The van der Waals surface area contributed by atoms with Crippen LogP contribution in [0.15, 0.2) is 42.9 Å². The molecule has 0 saturated carbocycles. The minimum absolute atomic E-state index is 0.0811. The van der Waals surface area contributed by atoms with Crippen LogP contribution in [0, 0.1) is 0 Å². The lowest BCUT2D eigenvalue weighted by molar-refractivity contribution is -0.139. The summed E-state index contributed by atoms with van der Waals surface area (Å²) in [6.45, 7) is 1.08. The quantitative estimate of drug-likeness (QED) is 0.746. The maximum absolute atomic E-state index is 12.5. The summed E-state index contributed by atoms with van der Waals surface area (Å²) < 4.78 is 7.47. The summed E-state index contributed by atoms with van der Waals surface area (Å²) in [5, 5.41) is 12.2. The van der Waals surface area contributed by atoms with Crippen molar-refractivity contribution in [3.05, 3.63) is 59.2 Å². The lowest BCUT2D eigenvalue weighted by Gasteiger charge is -2.15. The number of aromatic nitrogens is 2. The Morgan fingerprint density at radius 1 is 1.38 bits per heavy atom. The smallest absolute Gasteiger partial charge is 0.326 e. The Kier molecular flexibility index (Phi) is 5.58. The molecule has 1 aliphatic heterocycles. The number of nitrogens with one attached hydrogen (secondary N) is 1. The third kappa shape index (κ3) is 4.43. The highest BCUT2D eigenvalue weighted by Gasteiger charge is 2.23. The second-order valence-corrected chi connectivity index (χ2v) is 6.29. The summed E-state index contributed by atoms with van der Waals surface area (Å²) in [5.74, 6) is -1.23. The molecule has 0 spiro atoms. The molecule has 0 aliphatic carbocycles. The average molecular weight is 376 g/mol. The Balaban J connectivity index is 1.91. The fourth-order valence-electron chi connectivity index (χ4n) is 2.60. The van der Waals surface area contributed by atoms with E-state index in [1.807, 2.05) is 16.7 Å². The van der Waals surface area contributed by atoms with Crippen LogP contribution in [0.25, 0.3) is 0 Å². The molecule has 0 unspecified atom stereocenters. The lowest BCUT2D eigenvalue weighted by Crippen LogP contribution is -2.42. The highest BCUT2D eigenvalue weighted by Crippen LogP contribution is 2.22. The first-order chi connectivity index (χ1) is 12.5. The molecule has 136 valence electrons. The van der Waals surface area contributed by atoms with Crippen LogP contribution in [0.2, 0.25) is 5.02 Å². The first-order valence-electron chi connectivity index (χ1n) is 8.14. The molecule has 0 saturated heterocycles. The van der Waals surface area contributed by atoms with Gasteiger partial charge >= 0.3 is 5.97 Å². The van der Waals surface area contributed by atoms with Gasteiger partial charge in [-0.1, -0.05) is 23.8 Å². The third-order valence-electron chi connectivity index (χ3n) is 3.95. The first-order valence-corrected chi connectivity index (χ1v) is 8.52. The van der Waals surface area contributed by atoms with Gasteiger partial charge in [0.15, 0.2) is 0 Å². The number of hydrogen-bond acceptors (Lipinski definition) is 4. The summed E-state index contributed by atoms with van der Waals surface area (Å²) in [6, 6.07) is 3.61. The maximum atomic E-state index is 12.5. The molecular formula is C18H18ClN3O4. The van der Waals surface area contributed by atoms with Crippen molar-refractivity contribution < 1.29 is 19.4 Å². The van der Waals surface area contributed by atoms with Crippen molar-refractivity contribution in [1.29, 1.82) is 0 Å². The van der Waals surface area contributed by atoms with Crippen molar-refractivity contribution in [3.8, 4) is 5.75 Å². The largest absolute Gasteiger partial charge is 0.490 e. The van der Waals surface area contributed by atoms with Crippen LogP contribution >= 0.6 is 11.6 Å². The minimum atomic E-state index is -1.14. The van der Waals surface area contributed by atoms with Crippen LogP contribution in [0.3, 0.4) is 0 Å². The molecule has 1 aromatic carbocycles. The molecule has 1 atom stereocenters. The monoisotopic (exact) mass is 375 g/mol. The van der Waals surface area contributed by atoms with Gasteiger partial charge in [0, 0.05) is 19.2 Å². The van der Waals surface area contributed by atoms with E-state index in [4.69, 9.17) is 16.3 Å². The van der Waals surface area contributed by atoms with Gasteiger partial charge in [-0.15, -0.1) is 0 Å². The molecule has 4 bridgehead atoms. The number of fused-ring (bicyclic) bond motifs is 4. The second-order valence-electron chi connectivity index (χ2n) is 5.88. The van der Waals surface area contributed by atoms with E-state index in [2.05, 4.69) is 10.3 Å². The van der Waals surface area contributed by atoms with E-state index >= 15 is 0 Å². The number of aliphatic carboxylic acids is 1. The van der Waals surface area contributed by atoms with E-state index in [0.29, 0.717) is 18.1 Å². The van der Waals surface area contributed by atoms with E-state index in [9.17, 15) is 14.7 Å². The number of rotatable bonds is 1. The van der Waals surface area contributed by atoms with Crippen molar-refractivity contribution >= 4 is 23.5 Å². The minimum Gasteiger partial charge on any atom is -0.490 e. The van der Waals surface area contributed by atoms with E-state index < -0.39 is 17.9 Å². The van der Waals surface area contributed by atoms with Gasteiger partial charge in [-0.3, -0.25) is 4.79 Å². The van der Waals surface area contributed by atoms with Crippen LogP contribution in [0.1, 0.15) is 22.5 Å². The Morgan fingerprint density at radius 3 is 3.04 bits per heavy atom. The molecule has 1 amide bonds. The molecule has 26 heavy (non-hydrogen) atoms. The zero-order chi connectivity index (χ0) is 18.5. The highest BCUT2D eigenvalue weighted by molar-refractivity contribution is 6.34. The number of hydrogen-bond donors (Lipinski definition) is 2. The number of amides is 1. The number of carboxylic acids is 1. The van der Waals surface area contributed by atoms with Crippen molar-refractivity contribution in [2.24, 2.45) is 0 Å². The lowest BCUT2D eigenvalue weighted by atomic mass is 10.1. The Labute approximate surface area is 155 Å². The standard InChI is InChI=1S/C18H18ClN3O4/c19-15-5-4-13-9-14(15)17(23)21-16(18(24)25)8-12-10-22(11-20-12)6-2-1-3-7-26-13/h1,3-5,9-11,16H,2,6-8H2,(H,21,23)(H,24,25)/b3-1+/t16-/m0/s1. The molecule has 1 aromatic heterocycles. The Bertz CT molecular complexity index is 847. The van der Waals surface area contributed by atoms with Gasteiger partial charge in [0.05, 0.1) is 22.6 Å². The number of imidazole rings is 1. The van der Waals surface area contributed by atoms with Crippen molar-refractivity contribution in [3.63, 3.8) is 0 Å². The average Bonchev–Trinajstić information content (AvgIpc) is 3.05. The highest BCUT2D eigenvalue weighted by atomic mass is 35.5. The van der Waals surface area contributed by atoms with Gasteiger partial charge in [0.1, 0.15) is 18.4 Å². The molecule has 3 rings (SSSR count). The fourth-order valence-corrected chi connectivity index (χ4v) is 2.80. The van der Waals surface area contributed by atoms with Crippen LogP contribution in [-0.2, 0) is 17.8 Å². The van der Waals surface area contributed by atoms with Gasteiger partial charge < -0.3 is 19.7 Å². The van der Waals surface area contributed by atoms with Gasteiger partial charge in [0.25, 0.3) is 5.91 Å². The van der Waals surface area contributed by atoms with E-state index in [0.717, 1.165) is 13.0 Å². The number of benzene rings is 1. The summed E-state index contributed by atoms with van der Waals surface area (Å²) >= 11 is 6.09. The zero-order valence-corrected chi connectivity index (χ0v) is 14.6. The number of aryl methyl sites for hydroxylation is 1. The predicted molar refractivity (Wildman–Crippen MR) is 95.5 cm³/mol. The molecule has 2 heterocycles. The SMILES string of the molecule is O=C1N[C@H](C(=O)O)Cc2cn(cn2)CC/C=C/COc2ccc(Cl)c1c2. The molecule has 8 heteroatoms. The maximum Gasteiger partial charge on any atom is 0.326 e.